The van der Waals surface area contributed by atoms with E-state index in [2.05, 4.69) is 17.1 Å². The average molecular weight is 327 g/mol. The highest BCUT2D eigenvalue weighted by atomic mass is 16.1. The van der Waals surface area contributed by atoms with Crippen molar-refractivity contribution in [2.24, 2.45) is 0 Å². The number of aryl methyl sites for hydroxylation is 1. The molecule has 0 aliphatic carbocycles. The third-order valence-corrected chi connectivity index (χ3v) is 4.53. The van der Waals surface area contributed by atoms with Crippen LogP contribution < -0.4 is 5.56 Å². The highest BCUT2D eigenvalue weighted by Crippen LogP contribution is 2.30. The Labute approximate surface area is 146 Å². The number of nitrogens with one attached hydrogen (secondary N) is 1. The van der Waals surface area contributed by atoms with E-state index in [4.69, 9.17) is 5.26 Å². The van der Waals surface area contributed by atoms with Gasteiger partial charge in [0.15, 0.2) is 0 Å². The van der Waals surface area contributed by atoms with Crippen LogP contribution in [0.15, 0.2) is 53.3 Å². The van der Waals surface area contributed by atoms with Crippen molar-refractivity contribution in [2.45, 2.75) is 25.7 Å². The number of fused-ring (bicyclic) bond motifs is 1. The second-order valence-corrected chi connectivity index (χ2v) is 6.52. The summed E-state index contributed by atoms with van der Waals surface area (Å²) in [4.78, 5) is 14.7. The Bertz CT molecular complexity index is 1100. The van der Waals surface area contributed by atoms with E-state index in [-0.39, 0.29) is 5.56 Å². The van der Waals surface area contributed by atoms with E-state index in [0.29, 0.717) is 17.5 Å². The quantitative estimate of drug-likeness (QED) is 0.796. The first-order valence-electron chi connectivity index (χ1n) is 8.00. The first-order chi connectivity index (χ1) is 11.9. The van der Waals surface area contributed by atoms with Crippen LogP contribution in [0.25, 0.3) is 10.9 Å². The number of hydrogen-bond acceptors (Lipinski definition) is 3. The van der Waals surface area contributed by atoms with Crippen molar-refractivity contribution in [1.29, 1.82) is 10.5 Å². The van der Waals surface area contributed by atoms with Crippen LogP contribution in [0.5, 0.6) is 0 Å². The molecule has 0 saturated heterocycles. The molecule has 3 rings (SSSR count). The number of rotatable bonds is 3. The van der Waals surface area contributed by atoms with E-state index in [0.717, 1.165) is 22.0 Å². The van der Waals surface area contributed by atoms with Gasteiger partial charge < -0.3 is 4.98 Å². The molecule has 0 aliphatic rings. The predicted octanol–water partition coefficient (Wildman–Crippen LogP) is 3.73. The third kappa shape index (κ3) is 3.16. The maximum atomic E-state index is 11.9. The van der Waals surface area contributed by atoms with Gasteiger partial charge in [-0.1, -0.05) is 24.3 Å². The minimum Gasteiger partial charge on any atom is -0.322 e. The lowest BCUT2D eigenvalue weighted by Gasteiger charge is -2.23. The van der Waals surface area contributed by atoms with Gasteiger partial charge in [-0.05, 0) is 61.0 Å². The molecule has 0 radical (unpaired) electrons. The van der Waals surface area contributed by atoms with Gasteiger partial charge >= 0.3 is 0 Å². The monoisotopic (exact) mass is 327 g/mol. The average Bonchev–Trinajstić information content (AvgIpc) is 2.62. The van der Waals surface area contributed by atoms with Crippen molar-refractivity contribution in [2.75, 3.05) is 0 Å². The van der Waals surface area contributed by atoms with Crippen molar-refractivity contribution in [3.63, 3.8) is 0 Å². The standard InChI is InChI=1S/C21H17N3O/c1-14-8-17-6-7-18(10-19(17)24-20(14)25)21(2,13-23)11-15-4-3-5-16(9-15)12-22/h3-10H,11H2,1-2H3,(H,24,25). The smallest absolute Gasteiger partial charge is 0.251 e. The highest BCUT2D eigenvalue weighted by molar-refractivity contribution is 5.80. The molecule has 4 heteroatoms. The summed E-state index contributed by atoms with van der Waals surface area (Å²) in [5.74, 6) is 0. The fourth-order valence-corrected chi connectivity index (χ4v) is 3.02. The Hall–Kier alpha value is -3.37. The molecule has 1 unspecified atom stereocenters. The lowest BCUT2D eigenvalue weighted by atomic mass is 9.78. The normalized spacial score (nSPS) is 13.0. The largest absolute Gasteiger partial charge is 0.322 e. The molecule has 0 amide bonds. The van der Waals surface area contributed by atoms with Gasteiger partial charge in [0.05, 0.1) is 23.1 Å². The predicted molar refractivity (Wildman–Crippen MR) is 97.1 cm³/mol. The molecule has 1 heterocycles. The molecule has 25 heavy (non-hydrogen) atoms. The summed E-state index contributed by atoms with van der Waals surface area (Å²) in [5, 5.41) is 19.8. The van der Waals surface area contributed by atoms with E-state index in [1.165, 1.54) is 0 Å². The number of nitrogens with zero attached hydrogens (tertiary/aromatic N) is 2. The number of pyridine rings is 1. The van der Waals surface area contributed by atoms with E-state index in [1.54, 1.807) is 13.0 Å². The summed E-state index contributed by atoms with van der Waals surface area (Å²) in [7, 11) is 0. The van der Waals surface area contributed by atoms with Crippen LogP contribution in [-0.2, 0) is 11.8 Å². The molecule has 2 aromatic carbocycles. The minimum atomic E-state index is -0.760. The van der Waals surface area contributed by atoms with E-state index < -0.39 is 5.41 Å². The van der Waals surface area contributed by atoms with Crippen molar-refractivity contribution >= 4 is 10.9 Å². The lowest BCUT2D eigenvalue weighted by molar-refractivity contribution is 0.607. The van der Waals surface area contributed by atoms with E-state index in [9.17, 15) is 10.1 Å². The van der Waals surface area contributed by atoms with Crippen LogP contribution in [-0.4, -0.2) is 4.98 Å². The molecule has 4 nitrogen and oxygen atoms in total. The lowest BCUT2D eigenvalue weighted by Crippen LogP contribution is -2.23. The van der Waals surface area contributed by atoms with Crippen molar-refractivity contribution in [1.82, 2.24) is 4.98 Å². The Morgan fingerprint density at radius 2 is 1.92 bits per heavy atom. The molecule has 0 bridgehead atoms. The van der Waals surface area contributed by atoms with Gasteiger partial charge in [-0.2, -0.15) is 10.5 Å². The first kappa shape index (κ1) is 16.5. The van der Waals surface area contributed by atoms with Crippen LogP contribution in [0.3, 0.4) is 0 Å². The Morgan fingerprint density at radius 1 is 1.12 bits per heavy atom. The number of H-pyrrole nitrogens is 1. The van der Waals surface area contributed by atoms with Gasteiger partial charge in [0.2, 0.25) is 0 Å². The maximum Gasteiger partial charge on any atom is 0.251 e. The molecule has 122 valence electrons. The molecular weight excluding hydrogens is 310 g/mol. The fourth-order valence-electron chi connectivity index (χ4n) is 3.02. The first-order valence-corrected chi connectivity index (χ1v) is 8.00. The van der Waals surface area contributed by atoms with Crippen LogP contribution in [0.1, 0.15) is 29.2 Å². The zero-order chi connectivity index (χ0) is 18.0. The van der Waals surface area contributed by atoms with Gasteiger partial charge in [-0.15, -0.1) is 0 Å². The molecule has 1 atom stereocenters. The molecular formula is C21H17N3O. The summed E-state index contributed by atoms with van der Waals surface area (Å²) < 4.78 is 0. The highest BCUT2D eigenvalue weighted by Gasteiger charge is 2.27. The van der Waals surface area contributed by atoms with Gasteiger partial charge in [0.25, 0.3) is 5.56 Å². The zero-order valence-electron chi connectivity index (χ0n) is 14.1. The van der Waals surface area contributed by atoms with Gasteiger partial charge in [-0.25, -0.2) is 0 Å². The van der Waals surface area contributed by atoms with Gasteiger partial charge in [0.1, 0.15) is 0 Å². The maximum absolute atomic E-state index is 11.9. The second kappa shape index (κ2) is 6.26. The SMILES string of the molecule is Cc1cc2ccc(C(C)(C#N)Cc3cccc(C#N)c3)cc2[nH]c1=O. The van der Waals surface area contributed by atoms with Crippen molar-refractivity contribution in [3.8, 4) is 12.1 Å². The van der Waals surface area contributed by atoms with E-state index >= 15 is 0 Å². The Kier molecular flexibility index (Phi) is 4.13. The second-order valence-electron chi connectivity index (χ2n) is 6.52. The molecule has 0 fully saturated rings. The van der Waals surface area contributed by atoms with Crippen molar-refractivity contribution < 1.29 is 0 Å². The zero-order valence-corrected chi connectivity index (χ0v) is 14.1. The summed E-state index contributed by atoms with van der Waals surface area (Å²) in [6.45, 7) is 3.65. The van der Waals surface area contributed by atoms with Gasteiger partial charge in [-0.3, -0.25) is 4.79 Å². The minimum absolute atomic E-state index is 0.120. The number of aromatic nitrogens is 1. The Morgan fingerprint density at radius 3 is 2.64 bits per heavy atom. The molecule has 0 spiro atoms. The van der Waals surface area contributed by atoms with Crippen molar-refractivity contribution in [3.05, 3.63) is 81.1 Å². The van der Waals surface area contributed by atoms with Crippen LogP contribution in [0.4, 0.5) is 0 Å². The fraction of sp³-hybridized carbons (Fsp3) is 0.190. The topological polar surface area (TPSA) is 80.4 Å². The number of benzene rings is 2. The third-order valence-electron chi connectivity index (χ3n) is 4.53. The van der Waals surface area contributed by atoms with Gasteiger partial charge in [0, 0.05) is 11.1 Å². The number of nitriles is 2. The van der Waals surface area contributed by atoms with Crippen LogP contribution in [0.2, 0.25) is 0 Å². The van der Waals surface area contributed by atoms with E-state index in [1.807, 2.05) is 49.4 Å². The van der Waals surface area contributed by atoms with Crippen LogP contribution in [0, 0.1) is 29.6 Å². The number of hydrogen-bond donors (Lipinski definition) is 1. The number of aromatic amines is 1. The summed E-state index contributed by atoms with van der Waals surface area (Å²) in [6, 6.07) is 19.4. The molecule has 1 aromatic heterocycles. The molecule has 0 saturated carbocycles. The molecule has 0 aliphatic heterocycles. The molecule has 3 aromatic rings. The summed E-state index contributed by atoms with van der Waals surface area (Å²) >= 11 is 0. The summed E-state index contributed by atoms with van der Waals surface area (Å²) in [5.41, 5.74) is 2.85. The molecule has 1 N–H and O–H groups in total. The van der Waals surface area contributed by atoms with Crippen LogP contribution >= 0.6 is 0 Å². The summed E-state index contributed by atoms with van der Waals surface area (Å²) in [6.07, 6.45) is 0.487. The Balaban J connectivity index is 2.06.